The molecular formula is C17H17BrN4O4S. The fourth-order valence-corrected chi connectivity index (χ4v) is 4.60. The van der Waals surface area contributed by atoms with E-state index in [2.05, 4.69) is 31.8 Å². The van der Waals surface area contributed by atoms with Crippen LogP contribution in [0.2, 0.25) is 0 Å². The van der Waals surface area contributed by atoms with Crippen molar-refractivity contribution in [3.05, 3.63) is 58.3 Å². The molecule has 3 rings (SSSR count). The third kappa shape index (κ3) is 4.52. The number of aromatic nitrogens is 1. The lowest BCUT2D eigenvalue weighted by atomic mass is 10.2. The number of carbonyl (C=O) groups is 2. The van der Waals surface area contributed by atoms with Crippen molar-refractivity contribution in [2.75, 3.05) is 13.1 Å². The molecule has 142 valence electrons. The summed E-state index contributed by atoms with van der Waals surface area (Å²) in [7, 11) is -3.62. The maximum atomic E-state index is 12.6. The second kappa shape index (κ2) is 8.15. The number of rotatable bonds is 4. The maximum Gasteiger partial charge on any atom is 0.271 e. The smallest absolute Gasteiger partial charge is 0.267 e. The molecule has 0 saturated carbocycles. The van der Waals surface area contributed by atoms with Crippen LogP contribution in [0.1, 0.15) is 33.6 Å². The van der Waals surface area contributed by atoms with Crippen molar-refractivity contribution in [3.63, 3.8) is 0 Å². The summed E-state index contributed by atoms with van der Waals surface area (Å²) in [4.78, 5) is 28.3. The largest absolute Gasteiger partial charge is 0.271 e. The van der Waals surface area contributed by atoms with E-state index >= 15 is 0 Å². The summed E-state index contributed by atoms with van der Waals surface area (Å²) in [6.45, 7) is 0.963. The van der Waals surface area contributed by atoms with Crippen LogP contribution in [0.25, 0.3) is 0 Å². The van der Waals surface area contributed by atoms with Gasteiger partial charge in [-0.15, -0.1) is 0 Å². The first-order valence-electron chi connectivity index (χ1n) is 8.19. The minimum Gasteiger partial charge on any atom is -0.267 e. The third-order valence-electron chi connectivity index (χ3n) is 4.06. The fraction of sp³-hybridized carbons (Fsp3) is 0.235. The Bertz CT molecular complexity index is 974. The molecule has 1 saturated heterocycles. The summed E-state index contributed by atoms with van der Waals surface area (Å²) in [6.07, 6.45) is 4.54. The van der Waals surface area contributed by atoms with E-state index in [1.807, 2.05) is 0 Å². The molecule has 0 unspecified atom stereocenters. The number of hydrogen-bond donors (Lipinski definition) is 2. The molecule has 0 spiro atoms. The Morgan fingerprint density at radius 3 is 2.33 bits per heavy atom. The number of nitrogens with one attached hydrogen (secondary N) is 2. The molecule has 0 bridgehead atoms. The number of amides is 2. The molecule has 1 aliphatic heterocycles. The predicted octanol–water partition coefficient (Wildman–Crippen LogP) is 1.70. The Morgan fingerprint density at radius 2 is 1.67 bits per heavy atom. The average molecular weight is 453 g/mol. The molecule has 10 heteroatoms. The summed E-state index contributed by atoms with van der Waals surface area (Å²) < 4.78 is 27.2. The number of halogens is 1. The van der Waals surface area contributed by atoms with Gasteiger partial charge in [-0.05, 0) is 53.0 Å². The standard InChI is InChI=1S/C17H17BrN4O4S/c18-14-8-13(10-19-11-14)17(24)21-20-16(23)12-4-3-5-15(9-12)27(25,26)22-6-1-2-7-22/h3-5,8-11H,1-2,6-7H2,(H,20,23)(H,21,24). The maximum absolute atomic E-state index is 12.6. The van der Waals surface area contributed by atoms with Crippen LogP contribution in [0, 0.1) is 0 Å². The summed E-state index contributed by atoms with van der Waals surface area (Å²) in [5.74, 6) is -1.16. The summed E-state index contributed by atoms with van der Waals surface area (Å²) in [6, 6.07) is 7.28. The highest BCUT2D eigenvalue weighted by atomic mass is 79.9. The number of carbonyl (C=O) groups excluding carboxylic acids is 2. The monoisotopic (exact) mass is 452 g/mol. The van der Waals surface area contributed by atoms with Crippen LogP contribution in [-0.4, -0.2) is 42.6 Å². The zero-order valence-electron chi connectivity index (χ0n) is 14.2. The second-order valence-corrected chi connectivity index (χ2v) is 8.79. The minimum atomic E-state index is -3.62. The molecule has 1 aromatic carbocycles. The summed E-state index contributed by atoms with van der Waals surface area (Å²) in [5, 5.41) is 0. The topological polar surface area (TPSA) is 108 Å². The van der Waals surface area contributed by atoms with Crippen LogP contribution in [0.4, 0.5) is 0 Å². The highest BCUT2D eigenvalue weighted by Gasteiger charge is 2.27. The lowest BCUT2D eigenvalue weighted by Crippen LogP contribution is -2.41. The van der Waals surface area contributed by atoms with Crippen LogP contribution >= 0.6 is 15.9 Å². The predicted molar refractivity (Wildman–Crippen MR) is 101 cm³/mol. The molecule has 0 atom stereocenters. The third-order valence-corrected chi connectivity index (χ3v) is 6.38. The van der Waals surface area contributed by atoms with Gasteiger partial charge in [-0.1, -0.05) is 6.07 Å². The lowest BCUT2D eigenvalue weighted by molar-refractivity contribution is 0.0846. The van der Waals surface area contributed by atoms with Crippen molar-refractivity contribution < 1.29 is 18.0 Å². The van der Waals surface area contributed by atoms with Gasteiger partial charge < -0.3 is 0 Å². The van der Waals surface area contributed by atoms with Gasteiger partial charge in [-0.3, -0.25) is 25.4 Å². The SMILES string of the molecule is O=C(NNC(=O)c1cccc(S(=O)(=O)N2CCCC2)c1)c1cncc(Br)c1. The zero-order valence-corrected chi connectivity index (χ0v) is 16.6. The molecule has 2 amide bonds. The Kier molecular flexibility index (Phi) is 5.88. The molecule has 0 radical (unpaired) electrons. The normalized spacial score (nSPS) is 14.7. The first-order valence-corrected chi connectivity index (χ1v) is 10.4. The van der Waals surface area contributed by atoms with Gasteiger partial charge in [0, 0.05) is 35.5 Å². The van der Waals surface area contributed by atoms with Crippen LogP contribution in [0.3, 0.4) is 0 Å². The number of sulfonamides is 1. The molecule has 0 aliphatic carbocycles. The summed E-state index contributed by atoms with van der Waals surface area (Å²) >= 11 is 3.21. The van der Waals surface area contributed by atoms with Gasteiger partial charge in [0.1, 0.15) is 0 Å². The molecule has 27 heavy (non-hydrogen) atoms. The molecule has 1 fully saturated rings. The van der Waals surface area contributed by atoms with Gasteiger partial charge in [-0.2, -0.15) is 4.31 Å². The molecule has 1 aromatic heterocycles. The van der Waals surface area contributed by atoms with Crippen molar-refractivity contribution in [3.8, 4) is 0 Å². The molecule has 2 aromatic rings. The van der Waals surface area contributed by atoms with E-state index in [1.165, 1.54) is 41.0 Å². The average Bonchev–Trinajstić information content (AvgIpc) is 3.21. The van der Waals surface area contributed by atoms with E-state index in [4.69, 9.17) is 0 Å². The molecule has 2 N–H and O–H groups in total. The Hall–Kier alpha value is -2.30. The van der Waals surface area contributed by atoms with Crippen LogP contribution < -0.4 is 10.9 Å². The fourth-order valence-electron chi connectivity index (χ4n) is 2.67. The number of benzene rings is 1. The van der Waals surface area contributed by atoms with Gasteiger partial charge >= 0.3 is 0 Å². The van der Waals surface area contributed by atoms with Gasteiger partial charge in [-0.25, -0.2) is 8.42 Å². The molecule has 8 nitrogen and oxygen atoms in total. The van der Waals surface area contributed by atoms with Crippen molar-refractivity contribution in [1.82, 2.24) is 20.1 Å². The highest BCUT2D eigenvalue weighted by molar-refractivity contribution is 9.10. The van der Waals surface area contributed by atoms with E-state index in [-0.39, 0.29) is 16.0 Å². The van der Waals surface area contributed by atoms with Crippen LogP contribution in [0.5, 0.6) is 0 Å². The molecule has 2 heterocycles. The lowest BCUT2D eigenvalue weighted by Gasteiger charge is -2.16. The van der Waals surface area contributed by atoms with E-state index in [9.17, 15) is 18.0 Å². The van der Waals surface area contributed by atoms with Gasteiger partial charge in [0.05, 0.1) is 10.5 Å². The van der Waals surface area contributed by atoms with Gasteiger partial charge in [0.25, 0.3) is 11.8 Å². The van der Waals surface area contributed by atoms with Gasteiger partial charge in [0.15, 0.2) is 0 Å². The van der Waals surface area contributed by atoms with Crippen molar-refractivity contribution in [1.29, 1.82) is 0 Å². The zero-order chi connectivity index (χ0) is 19.4. The minimum absolute atomic E-state index is 0.0552. The van der Waals surface area contributed by atoms with Crippen LogP contribution in [-0.2, 0) is 10.0 Å². The highest BCUT2D eigenvalue weighted by Crippen LogP contribution is 2.21. The van der Waals surface area contributed by atoms with Crippen molar-refractivity contribution >= 4 is 37.8 Å². The van der Waals surface area contributed by atoms with Crippen molar-refractivity contribution in [2.45, 2.75) is 17.7 Å². The number of hydrogen-bond acceptors (Lipinski definition) is 5. The first-order chi connectivity index (χ1) is 12.9. The number of hydrazine groups is 1. The van der Waals surface area contributed by atoms with E-state index in [1.54, 1.807) is 6.07 Å². The van der Waals surface area contributed by atoms with Gasteiger partial charge in [0.2, 0.25) is 10.0 Å². The van der Waals surface area contributed by atoms with E-state index in [0.717, 1.165) is 12.8 Å². The van der Waals surface area contributed by atoms with Crippen LogP contribution in [0.15, 0.2) is 52.1 Å². The summed E-state index contributed by atoms with van der Waals surface area (Å²) in [5.41, 5.74) is 4.94. The number of pyridine rings is 1. The molecular weight excluding hydrogens is 436 g/mol. The first kappa shape index (κ1) is 19.5. The molecule has 1 aliphatic rings. The number of nitrogens with zero attached hydrogens (tertiary/aromatic N) is 2. The van der Waals surface area contributed by atoms with E-state index in [0.29, 0.717) is 17.6 Å². The van der Waals surface area contributed by atoms with Crippen molar-refractivity contribution in [2.24, 2.45) is 0 Å². The Morgan fingerprint density at radius 1 is 1.00 bits per heavy atom. The second-order valence-electron chi connectivity index (χ2n) is 5.94. The quantitative estimate of drug-likeness (QED) is 0.686. The Balaban J connectivity index is 1.69. The Labute approximate surface area is 165 Å². The van der Waals surface area contributed by atoms with E-state index < -0.39 is 21.8 Å².